The van der Waals surface area contributed by atoms with Crippen LogP contribution in [0.2, 0.25) is 0 Å². The van der Waals surface area contributed by atoms with E-state index in [0.717, 1.165) is 23.4 Å². The summed E-state index contributed by atoms with van der Waals surface area (Å²) in [5.41, 5.74) is 7.06. The Morgan fingerprint density at radius 1 is 0.704 bits per heavy atom. The number of benzene rings is 3. The predicted molar refractivity (Wildman–Crippen MR) is 111 cm³/mol. The third kappa shape index (κ3) is 3.75. The van der Waals surface area contributed by atoms with Crippen molar-refractivity contribution in [2.45, 2.75) is 6.42 Å². The first-order chi connectivity index (χ1) is 13.3. The summed E-state index contributed by atoms with van der Waals surface area (Å²) in [7, 11) is 1.69. The summed E-state index contributed by atoms with van der Waals surface area (Å²) in [6.45, 7) is 0. The van der Waals surface area contributed by atoms with Crippen LogP contribution >= 0.6 is 0 Å². The minimum atomic E-state index is 0.801. The standard InChI is InChI=1S/C25H21NO/c1-27-22-14-12-20(13-15-22)23-16-17-26-24(18-19-8-4-2-5-9-19)25(23)21-10-6-3-7-11-21/h2-17H,18H2,1H3. The Balaban J connectivity index is 1.86. The highest BCUT2D eigenvalue weighted by atomic mass is 16.5. The minimum absolute atomic E-state index is 0.801. The van der Waals surface area contributed by atoms with Crippen molar-refractivity contribution in [1.82, 2.24) is 4.98 Å². The van der Waals surface area contributed by atoms with Gasteiger partial charge in [0.15, 0.2) is 0 Å². The smallest absolute Gasteiger partial charge is 0.118 e. The number of aromatic nitrogens is 1. The predicted octanol–water partition coefficient (Wildman–Crippen LogP) is 6.02. The summed E-state index contributed by atoms with van der Waals surface area (Å²) in [6.07, 6.45) is 2.71. The Hall–Kier alpha value is -3.39. The third-order valence-electron chi connectivity index (χ3n) is 4.71. The number of ether oxygens (including phenoxy) is 1. The van der Waals surface area contributed by atoms with Crippen LogP contribution in [0.1, 0.15) is 11.3 Å². The zero-order chi connectivity index (χ0) is 18.5. The lowest BCUT2D eigenvalue weighted by Gasteiger charge is -2.15. The van der Waals surface area contributed by atoms with E-state index in [-0.39, 0.29) is 0 Å². The lowest BCUT2D eigenvalue weighted by molar-refractivity contribution is 0.415. The van der Waals surface area contributed by atoms with Gasteiger partial charge in [0.05, 0.1) is 12.8 Å². The van der Waals surface area contributed by atoms with Crippen molar-refractivity contribution in [3.05, 3.63) is 108 Å². The van der Waals surface area contributed by atoms with E-state index in [2.05, 4.69) is 66.7 Å². The SMILES string of the molecule is COc1ccc(-c2ccnc(Cc3ccccc3)c2-c2ccccc2)cc1. The molecule has 0 fully saturated rings. The monoisotopic (exact) mass is 351 g/mol. The van der Waals surface area contributed by atoms with Gasteiger partial charge in [0.1, 0.15) is 5.75 Å². The quantitative estimate of drug-likeness (QED) is 0.439. The Bertz CT molecular complexity index is 1010. The lowest BCUT2D eigenvalue weighted by atomic mass is 9.91. The van der Waals surface area contributed by atoms with Gasteiger partial charge >= 0.3 is 0 Å². The molecular formula is C25H21NO. The van der Waals surface area contributed by atoms with Gasteiger partial charge in [-0.15, -0.1) is 0 Å². The molecule has 0 atom stereocenters. The summed E-state index contributed by atoms with van der Waals surface area (Å²) in [4.78, 5) is 4.75. The zero-order valence-electron chi connectivity index (χ0n) is 15.3. The molecule has 0 amide bonds. The van der Waals surface area contributed by atoms with Crippen LogP contribution in [0.5, 0.6) is 5.75 Å². The van der Waals surface area contributed by atoms with E-state index >= 15 is 0 Å². The largest absolute Gasteiger partial charge is 0.497 e. The van der Waals surface area contributed by atoms with Crippen molar-refractivity contribution in [2.75, 3.05) is 7.11 Å². The van der Waals surface area contributed by atoms with E-state index in [9.17, 15) is 0 Å². The van der Waals surface area contributed by atoms with Crippen molar-refractivity contribution in [3.63, 3.8) is 0 Å². The maximum absolute atomic E-state index is 5.31. The molecule has 0 N–H and O–H groups in total. The van der Waals surface area contributed by atoms with Gasteiger partial charge in [0.25, 0.3) is 0 Å². The fraction of sp³-hybridized carbons (Fsp3) is 0.0800. The fourth-order valence-corrected chi connectivity index (χ4v) is 3.37. The van der Waals surface area contributed by atoms with Crippen molar-refractivity contribution in [3.8, 4) is 28.0 Å². The second-order valence-corrected chi connectivity index (χ2v) is 6.44. The number of methoxy groups -OCH3 is 1. The van der Waals surface area contributed by atoms with Gasteiger partial charge in [-0.05, 0) is 40.5 Å². The molecule has 0 aliphatic heterocycles. The Morgan fingerprint density at radius 2 is 1.37 bits per heavy atom. The van der Waals surface area contributed by atoms with Crippen LogP contribution < -0.4 is 4.74 Å². The molecule has 0 aliphatic rings. The molecule has 0 radical (unpaired) electrons. The lowest BCUT2D eigenvalue weighted by Crippen LogP contribution is -1.98. The zero-order valence-corrected chi connectivity index (χ0v) is 15.3. The second-order valence-electron chi connectivity index (χ2n) is 6.44. The number of pyridine rings is 1. The number of hydrogen-bond donors (Lipinski definition) is 0. The first-order valence-electron chi connectivity index (χ1n) is 9.07. The van der Waals surface area contributed by atoms with Gasteiger partial charge in [-0.2, -0.15) is 0 Å². The molecule has 0 bridgehead atoms. The van der Waals surface area contributed by atoms with Crippen LogP contribution in [-0.4, -0.2) is 12.1 Å². The Morgan fingerprint density at radius 3 is 2.04 bits per heavy atom. The Labute approximate surface area is 160 Å². The van der Waals surface area contributed by atoms with Gasteiger partial charge in [0, 0.05) is 18.2 Å². The van der Waals surface area contributed by atoms with Crippen LogP contribution in [0.15, 0.2) is 97.2 Å². The third-order valence-corrected chi connectivity index (χ3v) is 4.71. The van der Waals surface area contributed by atoms with Crippen molar-refractivity contribution in [2.24, 2.45) is 0 Å². The summed E-state index contributed by atoms with van der Waals surface area (Å²) < 4.78 is 5.31. The number of nitrogens with zero attached hydrogens (tertiary/aromatic N) is 1. The van der Waals surface area contributed by atoms with Crippen LogP contribution in [0.25, 0.3) is 22.3 Å². The van der Waals surface area contributed by atoms with Crippen LogP contribution in [0.4, 0.5) is 0 Å². The summed E-state index contributed by atoms with van der Waals surface area (Å²) in [5.74, 6) is 0.860. The highest BCUT2D eigenvalue weighted by Crippen LogP contribution is 2.35. The van der Waals surface area contributed by atoms with Crippen LogP contribution in [-0.2, 0) is 6.42 Å². The number of hydrogen-bond acceptors (Lipinski definition) is 2. The number of rotatable bonds is 5. The molecule has 0 saturated carbocycles. The molecule has 4 aromatic rings. The van der Waals surface area contributed by atoms with E-state index in [1.807, 2.05) is 30.5 Å². The molecule has 1 heterocycles. The average molecular weight is 351 g/mol. The first-order valence-corrected chi connectivity index (χ1v) is 9.07. The highest BCUT2D eigenvalue weighted by Gasteiger charge is 2.14. The molecule has 0 aliphatic carbocycles. The van der Waals surface area contributed by atoms with Gasteiger partial charge in [-0.25, -0.2) is 0 Å². The maximum atomic E-state index is 5.31. The fourth-order valence-electron chi connectivity index (χ4n) is 3.37. The molecule has 3 aromatic carbocycles. The van der Waals surface area contributed by atoms with Gasteiger partial charge in [0.2, 0.25) is 0 Å². The molecule has 2 nitrogen and oxygen atoms in total. The van der Waals surface area contributed by atoms with E-state index in [1.165, 1.54) is 22.3 Å². The molecule has 27 heavy (non-hydrogen) atoms. The van der Waals surface area contributed by atoms with Crippen LogP contribution in [0.3, 0.4) is 0 Å². The molecule has 0 saturated heterocycles. The van der Waals surface area contributed by atoms with E-state index in [0.29, 0.717) is 0 Å². The first kappa shape index (κ1) is 17.0. The van der Waals surface area contributed by atoms with Crippen molar-refractivity contribution in [1.29, 1.82) is 0 Å². The normalized spacial score (nSPS) is 10.6. The van der Waals surface area contributed by atoms with Crippen molar-refractivity contribution < 1.29 is 4.74 Å². The second kappa shape index (κ2) is 7.88. The molecule has 4 rings (SSSR count). The molecule has 0 unspecified atom stereocenters. The molecule has 132 valence electrons. The highest BCUT2D eigenvalue weighted by molar-refractivity contribution is 5.85. The Kier molecular flexibility index (Phi) is 4.97. The molecular weight excluding hydrogens is 330 g/mol. The topological polar surface area (TPSA) is 22.1 Å². The van der Waals surface area contributed by atoms with Gasteiger partial charge in [-0.1, -0.05) is 72.8 Å². The van der Waals surface area contributed by atoms with Crippen molar-refractivity contribution >= 4 is 0 Å². The van der Waals surface area contributed by atoms with Gasteiger partial charge < -0.3 is 4.74 Å². The minimum Gasteiger partial charge on any atom is -0.497 e. The maximum Gasteiger partial charge on any atom is 0.118 e. The summed E-state index contributed by atoms with van der Waals surface area (Å²) in [6, 6.07) is 31.3. The van der Waals surface area contributed by atoms with E-state index in [4.69, 9.17) is 9.72 Å². The molecule has 2 heteroatoms. The average Bonchev–Trinajstić information content (AvgIpc) is 2.75. The summed E-state index contributed by atoms with van der Waals surface area (Å²) >= 11 is 0. The molecule has 1 aromatic heterocycles. The van der Waals surface area contributed by atoms with Gasteiger partial charge in [-0.3, -0.25) is 4.98 Å². The van der Waals surface area contributed by atoms with Crippen LogP contribution in [0, 0.1) is 0 Å². The summed E-state index contributed by atoms with van der Waals surface area (Å²) in [5, 5.41) is 0. The van der Waals surface area contributed by atoms with E-state index in [1.54, 1.807) is 7.11 Å². The van der Waals surface area contributed by atoms with E-state index < -0.39 is 0 Å². The molecule has 0 spiro atoms.